The highest BCUT2D eigenvalue weighted by molar-refractivity contribution is 7.11. The van der Waals surface area contributed by atoms with E-state index in [1.807, 2.05) is 36.3 Å². The average molecular weight is 411 g/mol. The SMILES string of the molecule is COCCN(CCOC)C1=C(c2cccs2)C(=O)N(CCCOC(C)C)C1=O. The molecule has 0 unspecified atom stereocenters. The highest BCUT2D eigenvalue weighted by Crippen LogP contribution is 2.33. The molecule has 0 N–H and O–H groups in total. The van der Waals surface area contributed by atoms with Gasteiger partial charge in [0, 0.05) is 45.3 Å². The smallest absolute Gasteiger partial charge is 0.277 e. The highest BCUT2D eigenvalue weighted by Gasteiger charge is 2.41. The summed E-state index contributed by atoms with van der Waals surface area (Å²) in [5.41, 5.74) is 0.906. The zero-order valence-electron chi connectivity index (χ0n) is 17.1. The molecule has 8 heteroatoms. The van der Waals surface area contributed by atoms with Gasteiger partial charge < -0.3 is 19.1 Å². The Kier molecular flexibility index (Phi) is 9.11. The van der Waals surface area contributed by atoms with Gasteiger partial charge in [0.2, 0.25) is 0 Å². The molecule has 156 valence electrons. The van der Waals surface area contributed by atoms with Crippen LogP contribution in [0.4, 0.5) is 0 Å². The molecule has 0 spiro atoms. The summed E-state index contributed by atoms with van der Waals surface area (Å²) in [6.07, 6.45) is 0.732. The minimum absolute atomic E-state index is 0.124. The first-order valence-electron chi connectivity index (χ1n) is 9.50. The molecule has 0 radical (unpaired) electrons. The lowest BCUT2D eigenvalue weighted by Crippen LogP contribution is -2.38. The summed E-state index contributed by atoms with van der Waals surface area (Å²) in [6, 6.07) is 3.76. The zero-order valence-corrected chi connectivity index (χ0v) is 17.9. The first kappa shape index (κ1) is 22.5. The average Bonchev–Trinajstić information content (AvgIpc) is 3.27. The predicted molar refractivity (Wildman–Crippen MR) is 109 cm³/mol. The van der Waals surface area contributed by atoms with E-state index < -0.39 is 0 Å². The molecule has 1 aromatic heterocycles. The number of amides is 2. The van der Waals surface area contributed by atoms with Gasteiger partial charge in [0.25, 0.3) is 11.8 Å². The Morgan fingerprint density at radius 1 is 1.07 bits per heavy atom. The normalized spacial score (nSPS) is 14.7. The number of ether oxygens (including phenoxy) is 3. The monoisotopic (exact) mass is 410 g/mol. The summed E-state index contributed by atoms with van der Waals surface area (Å²) in [7, 11) is 3.23. The van der Waals surface area contributed by atoms with E-state index in [4.69, 9.17) is 14.2 Å². The zero-order chi connectivity index (χ0) is 20.5. The van der Waals surface area contributed by atoms with Crippen LogP contribution in [0.3, 0.4) is 0 Å². The number of hydrogen-bond acceptors (Lipinski definition) is 7. The maximum absolute atomic E-state index is 13.2. The number of hydrogen-bond donors (Lipinski definition) is 0. The Labute approximate surface area is 170 Å². The molecule has 0 saturated heterocycles. The van der Waals surface area contributed by atoms with Gasteiger partial charge in [-0.25, -0.2) is 0 Å². The first-order valence-corrected chi connectivity index (χ1v) is 10.4. The van der Waals surface area contributed by atoms with E-state index in [2.05, 4.69) is 0 Å². The maximum atomic E-state index is 13.2. The molecule has 0 saturated carbocycles. The van der Waals surface area contributed by atoms with E-state index in [0.717, 1.165) is 4.88 Å². The van der Waals surface area contributed by atoms with Crippen LogP contribution >= 0.6 is 11.3 Å². The molecule has 1 aromatic rings. The molecular formula is C20H30N2O5S. The van der Waals surface area contributed by atoms with Crippen LogP contribution in [0.25, 0.3) is 5.57 Å². The molecule has 0 aliphatic carbocycles. The summed E-state index contributed by atoms with van der Waals surface area (Å²) >= 11 is 1.46. The molecule has 0 atom stereocenters. The van der Waals surface area contributed by atoms with Crippen LogP contribution in [0.15, 0.2) is 23.2 Å². The van der Waals surface area contributed by atoms with Crippen molar-refractivity contribution in [2.45, 2.75) is 26.4 Å². The quantitative estimate of drug-likeness (QED) is 0.367. The summed E-state index contributed by atoms with van der Waals surface area (Å²) in [6.45, 7) is 6.69. The second-order valence-electron chi connectivity index (χ2n) is 6.71. The lowest BCUT2D eigenvalue weighted by Gasteiger charge is -2.25. The van der Waals surface area contributed by atoms with Gasteiger partial charge in [-0.15, -0.1) is 11.3 Å². The maximum Gasteiger partial charge on any atom is 0.277 e. The van der Waals surface area contributed by atoms with Crippen molar-refractivity contribution in [3.8, 4) is 0 Å². The van der Waals surface area contributed by atoms with Crippen LogP contribution in [0.5, 0.6) is 0 Å². The van der Waals surface area contributed by atoms with Gasteiger partial charge in [-0.05, 0) is 31.7 Å². The number of rotatable bonds is 13. The van der Waals surface area contributed by atoms with E-state index in [-0.39, 0.29) is 17.9 Å². The van der Waals surface area contributed by atoms with Crippen LogP contribution < -0.4 is 0 Å². The number of carbonyl (C=O) groups is 2. The fourth-order valence-corrected chi connectivity index (χ4v) is 3.75. The van der Waals surface area contributed by atoms with Crippen molar-refractivity contribution in [1.29, 1.82) is 0 Å². The lowest BCUT2D eigenvalue weighted by atomic mass is 10.1. The van der Waals surface area contributed by atoms with Crippen LogP contribution in [0, 0.1) is 0 Å². The van der Waals surface area contributed by atoms with Crippen molar-refractivity contribution in [3.63, 3.8) is 0 Å². The number of thiophene rings is 1. The first-order chi connectivity index (χ1) is 13.5. The number of carbonyl (C=O) groups excluding carboxylic acids is 2. The van der Waals surface area contributed by atoms with Gasteiger partial charge in [0.1, 0.15) is 5.70 Å². The Balaban J connectivity index is 2.27. The van der Waals surface area contributed by atoms with Crippen molar-refractivity contribution < 1.29 is 23.8 Å². The standard InChI is InChI=1S/C20H30N2O5S/c1-15(2)27-11-6-8-22-19(23)17(16-7-5-14-28-16)18(20(22)24)21(9-12-25-3)10-13-26-4/h5,7,14-15H,6,8-13H2,1-4H3. The summed E-state index contributed by atoms with van der Waals surface area (Å²) in [5.74, 6) is -0.503. The number of nitrogens with zero attached hydrogens (tertiary/aromatic N) is 2. The Hall–Kier alpha value is -1.74. The van der Waals surface area contributed by atoms with E-state index in [1.54, 1.807) is 14.2 Å². The third-order valence-electron chi connectivity index (χ3n) is 4.34. The van der Waals surface area contributed by atoms with Gasteiger partial charge in [-0.2, -0.15) is 0 Å². The fourth-order valence-electron chi connectivity index (χ4n) is 2.98. The topological polar surface area (TPSA) is 68.3 Å². The largest absolute Gasteiger partial charge is 0.383 e. The van der Waals surface area contributed by atoms with Crippen molar-refractivity contribution in [3.05, 3.63) is 28.1 Å². The fraction of sp³-hybridized carbons (Fsp3) is 0.600. The molecule has 2 amide bonds. The van der Waals surface area contributed by atoms with Crippen molar-refractivity contribution in [2.75, 3.05) is 53.7 Å². The third-order valence-corrected chi connectivity index (χ3v) is 5.22. The minimum atomic E-state index is -0.259. The Bertz CT molecular complexity index is 664. The van der Waals surface area contributed by atoms with Gasteiger partial charge in [-0.3, -0.25) is 14.5 Å². The van der Waals surface area contributed by atoms with Crippen LogP contribution in [0.1, 0.15) is 25.1 Å². The van der Waals surface area contributed by atoms with Crippen molar-refractivity contribution in [2.24, 2.45) is 0 Å². The van der Waals surface area contributed by atoms with Gasteiger partial charge >= 0.3 is 0 Å². The molecule has 0 aromatic carbocycles. The lowest BCUT2D eigenvalue weighted by molar-refractivity contribution is -0.137. The molecule has 1 aliphatic heterocycles. The molecule has 28 heavy (non-hydrogen) atoms. The van der Waals surface area contributed by atoms with Crippen LogP contribution in [-0.2, 0) is 23.8 Å². The number of imide groups is 1. The predicted octanol–water partition coefficient (Wildman–Crippen LogP) is 2.24. The van der Waals surface area contributed by atoms with E-state index in [9.17, 15) is 9.59 Å². The summed E-state index contributed by atoms with van der Waals surface area (Å²) in [5, 5.41) is 1.91. The van der Waals surface area contributed by atoms with Crippen LogP contribution in [0.2, 0.25) is 0 Å². The van der Waals surface area contributed by atoms with E-state index in [0.29, 0.717) is 57.1 Å². The molecule has 7 nitrogen and oxygen atoms in total. The second kappa shape index (κ2) is 11.3. The summed E-state index contributed by atoms with van der Waals surface area (Å²) < 4.78 is 15.9. The van der Waals surface area contributed by atoms with E-state index >= 15 is 0 Å². The Morgan fingerprint density at radius 3 is 2.29 bits per heavy atom. The molecule has 2 heterocycles. The van der Waals surface area contributed by atoms with Crippen molar-refractivity contribution >= 4 is 28.7 Å². The molecule has 1 aliphatic rings. The van der Waals surface area contributed by atoms with Gasteiger partial charge in [0.05, 0.1) is 24.9 Å². The molecular weight excluding hydrogens is 380 g/mol. The van der Waals surface area contributed by atoms with Crippen LogP contribution in [-0.4, -0.2) is 81.4 Å². The van der Waals surface area contributed by atoms with Crippen molar-refractivity contribution in [1.82, 2.24) is 9.80 Å². The highest BCUT2D eigenvalue weighted by atomic mass is 32.1. The molecule has 0 fully saturated rings. The minimum Gasteiger partial charge on any atom is -0.383 e. The molecule has 0 bridgehead atoms. The molecule has 2 rings (SSSR count). The van der Waals surface area contributed by atoms with Gasteiger partial charge in [-0.1, -0.05) is 6.07 Å². The summed E-state index contributed by atoms with van der Waals surface area (Å²) in [4.78, 5) is 30.4. The van der Waals surface area contributed by atoms with E-state index in [1.165, 1.54) is 16.2 Å². The third kappa shape index (κ3) is 5.64. The number of methoxy groups -OCH3 is 2. The van der Waals surface area contributed by atoms with Gasteiger partial charge in [0.15, 0.2) is 0 Å². The second-order valence-corrected chi connectivity index (χ2v) is 7.66. The Morgan fingerprint density at radius 2 is 1.75 bits per heavy atom.